The van der Waals surface area contributed by atoms with Gasteiger partial charge >= 0.3 is 0 Å². The zero-order valence-corrected chi connectivity index (χ0v) is 11.9. The summed E-state index contributed by atoms with van der Waals surface area (Å²) in [5.41, 5.74) is -0.0786. The van der Waals surface area contributed by atoms with Crippen LogP contribution in [-0.2, 0) is 0 Å². The average molecular weight is 298 g/mol. The van der Waals surface area contributed by atoms with E-state index in [1.165, 1.54) is 6.07 Å². The van der Waals surface area contributed by atoms with Crippen molar-refractivity contribution in [3.05, 3.63) is 35.4 Å². The number of carbonyl (C=O) groups excluding carboxylic acids is 1. The molecular weight excluding hydrogens is 278 g/mol. The molecule has 21 heavy (non-hydrogen) atoms. The van der Waals surface area contributed by atoms with Crippen LogP contribution < -0.4 is 0 Å². The van der Waals surface area contributed by atoms with Crippen LogP contribution in [0.1, 0.15) is 23.2 Å². The summed E-state index contributed by atoms with van der Waals surface area (Å²) < 4.78 is 26.5. The Balaban J connectivity index is 1.88. The van der Waals surface area contributed by atoms with E-state index in [2.05, 4.69) is 4.90 Å². The van der Waals surface area contributed by atoms with Crippen LogP contribution in [0.2, 0.25) is 0 Å². The van der Waals surface area contributed by atoms with Gasteiger partial charge in [0.05, 0.1) is 5.56 Å². The smallest absolute Gasteiger partial charge is 0.256 e. The minimum absolute atomic E-state index is 0.0786. The fraction of sp³-hybridized carbons (Fsp3) is 0.533. The molecule has 1 aromatic rings. The SMILES string of the molecule is O=C(c1ccc(F)cc1F)N1CCN(CCCCO)CC1. The number of aliphatic hydroxyl groups excluding tert-OH is 1. The predicted octanol–water partition coefficient (Wildman–Crippen LogP) is 1.50. The molecular formula is C15H20F2N2O2. The maximum atomic E-state index is 13.6. The minimum Gasteiger partial charge on any atom is -0.396 e. The van der Waals surface area contributed by atoms with Crippen LogP contribution in [0.4, 0.5) is 8.78 Å². The molecule has 0 aliphatic carbocycles. The highest BCUT2D eigenvalue weighted by Crippen LogP contribution is 2.14. The van der Waals surface area contributed by atoms with Gasteiger partial charge in [0.2, 0.25) is 0 Å². The van der Waals surface area contributed by atoms with Crippen molar-refractivity contribution in [1.29, 1.82) is 0 Å². The van der Waals surface area contributed by atoms with E-state index in [0.29, 0.717) is 13.1 Å². The molecule has 0 saturated carbocycles. The van der Waals surface area contributed by atoms with Gasteiger partial charge < -0.3 is 10.0 Å². The lowest BCUT2D eigenvalue weighted by Gasteiger charge is -2.34. The molecule has 0 unspecified atom stereocenters. The van der Waals surface area contributed by atoms with Gasteiger partial charge in [0.25, 0.3) is 5.91 Å². The van der Waals surface area contributed by atoms with Gasteiger partial charge in [-0.05, 0) is 31.5 Å². The maximum absolute atomic E-state index is 13.6. The Kier molecular flexibility index (Phi) is 5.64. The fourth-order valence-corrected chi connectivity index (χ4v) is 2.46. The van der Waals surface area contributed by atoms with Gasteiger partial charge in [-0.15, -0.1) is 0 Å². The molecule has 1 heterocycles. The first-order valence-electron chi connectivity index (χ1n) is 7.19. The Hall–Kier alpha value is -1.53. The van der Waals surface area contributed by atoms with Crippen molar-refractivity contribution in [2.45, 2.75) is 12.8 Å². The van der Waals surface area contributed by atoms with Crippen molar-refractivity contribution in [3.8, 4) is 0 Å². The quantitative estimate of drug-likeness (QED) is 0.838. The Morgan fingerprint density at radius 3 is 2.48 bits per heavy atom. The molecule has 4 nitrogen and oxygen atoms in total. The molecule has 1 fully saturated rings. The lowest BCUT2D eigenvalue weighted by Crippen LogP contribution is -2.49. The summed E-state index contributed by atoms with van der Waals surface area (Å²) >= 11 is 0. The van der Waals surface area contributed by atoms with Gasteiger partial charge in [-0.3, -0.25) is 9.69 Å². The highest BCUT2D eigenvalue weighted by molar-refractivity contribution is 5.94. The third kappa shape index (κ3) is 4.22. The first kappa shape index (κ1) is 15.9. The molecule has 0 spiro atoms. The van der Waals surface area contributed by atoms with Gasteiger partial charge in [-0.25, -0.2) is 8.78 Å². The first-order chi connectivity index (χ1) is 10.1. The zero-order chi connectivity index (χ0) is 15.2. The molecule has 1 aliphatic heterocycles. The molecule has 2 rings (SSSR count). The number of aliphatic hydroxyl groups is 1. The average Bonchev–Trinajstić information content (AvgIpc) is 2.48. The molecule has 0 atom stereocenters. The molecule has 1 N–H and O–H groups in total. The number of hydrogen-bond acceptors (Lipinski definition) is 3. The zero-order valence-electron chi connectivity index (χ0n) is 11.9. The largest absolute Gasteiger partial charge is 0.396 e. The van der Waals surface area contributed by atoms with Gasteiger partial charge in [0, 0.05) is 38.9 Å². The summed E-state index contributed by atoms with van der Waals surface area (Å²) in [5.74, 6) is -1.88. The molecule has 6 heteroatoms. The molecule has 0 radical (unpaired) electrons. The Labute approximate surface area is 123 Å². The third-order valence-electron chi connectivity index (χ3n) is 3.70. The van der Waals surface area contributed by atoms with E-state index in [1.807, 2.05) is 0 Å². The van der Waals surface area contributed by atoms with E-state index in [-0.39, 0.29) is 18.1 Å². The highest BCUT2D eigenvalue weighted by atomic mass is 19.1. The van der Waals surface area contributed by atoms with Crippen LogP contribution in [0, 0.1) is 11.6 Å². The number of carbonyl (C=O) groups is 1. The van der Waals surface area contributed by atoms with Crippen molar-refractivity contribution >= 4 is 5.91 Å². The number of unbranched alkanes of at least 4 members (excludes halogenated alkanes) is 1. The van der Waals surface area contributed by atoms with E-state index in [1.54, 1.807) is 4.90 Å². The van der Waals surface area contributed by atoms with Crippen LogP contribution >= 0.6 is 0 Å². The number of piperazine rings is 1. The summed E-state index contributed by atoms with van der Waals surface area (Å²) in [7, 11) is 0. The Morgan fingerprint density at radius 2 is 1.86 bits per heavy atom. The highest BCUT2D eigenvalue weighted by Gasteiger charge is 2.23. The number of hydrogen-bond donors (Lipinski definition) is 1. The van der Waals surface area contributed by atoms with Crippen LogP contribution in [0.3, 0.4) is 0 Å². The standard InChI is InChI=1S/C15H20F2N2O2/c16-12-3-4-13(14(17)11-12)15(21)19-8-6-18(7-9-19)5-1-2-10-20/h3-4,11,20H,1-2,5-10H2. The maximum Gasteiger partial charge on any atom is 0.256 e. The van der Waals surface area contributed by atoms with E-state index in [4.69, 9.17) is 5.11 Å². The van der Waals surface area contributed by atoms with Crippen LogP contribution in [-0.4, -0.2) is 60.1 Å². The number of nitrogens with zero attached hydrogens (tertiary/aromatic N) is 2. The minimum atomic E-state index is -0.814. The lowest BCUT2D eigenvalue weighted by molar-refractivity contribution is 0.0629. The summed E-state index contributed by atoms with van der Waals surface area (Å²) in [4.78, 5) is 16.0. The van der Waals surface area contributed by atoms with E-state index >= 15 is 0 Å². The molecule has 1 aliphatic rings. The summed E-state index contributed by atoms with van der Waals surface area (Å²) in [6, 6.07) is 3.03. The topological polar surface area (TPSA) is 43.8 Å². The molecule has 116 valence electrons. The Bertz CT molecular complexity index is 489. The Morgan fingerprint density at radius 1 is 1.14 bits per heavy atom. The third-order valence-corrected chi connectivity index (χ3v) is 3.70. The number of benzene rings is 1. The number of amides is 1. The van der Waals surface area contributed by atoms with Crippen molar-refractivity contribution in [2.24, 2.45) is 0 Å². The summed E-state index contributed by atoms with van der Waals surface area (Å²) in [6.45, 7) is 3.64. The summed E-state index contributed by atoms with van der Waals surface area (Å²) in [6.07, 6.45) is 1.71. The van der Waals surface area contributed by atoms with E-state index < -0.39 is 11.6 Å². The van der Waals surface area contributed by atoms with Crippen LogP contribution in [0.15, 0.2) is 18.2 Å². The van der Waals surface area contributed by atoms with Crippen LogP contribution in [0.25, 0.3) is 0 Å². The molecule has 0 aromatic heterocycles. The van der Waals surface area contributed by atoms with Crippen molar-refractivity contribution in [2.75, 3.05) is 39.3 Å². The molecule has 1 aromatic carbocycles. The molecule has 1 amide bonds. The van der Waals surface area contributed by atoms with E-state index in [9.17, 15) is 13.6 Å². The van der Waals surface area contributed by atoms with Crippen molar-refractivity contribution in [1.82, 2.24) is 9.80 Å². The van der Waals surface area contributed by atoms with Crippen molar-refractivity contribution < 1.29 is 18.7 Å². The lowest BCUT2D eigenvalue weighted by atomic mass is 10.1. The second kappa shape index (κ2) is 7.47. The van der Waals surface area contributed by atoms with Gasteiger partial charge in [-0.2, -0.15) is 0 Å². The monoisotopic (exact) mass is 298 g/mol. The number of halogens is 2. The van der Waals surface area contributed by atoms with E-state index in [0.717, 1.165) is 44.6 Å². The molecule has 1 saturated heterocycles. The summed E-state index contributed by atoms with van der Waals surface area (Å²) in [5, 5.41) is 8.75. The predicted molar refractivity (Wildman–Crippen MR) is 75.0 cm³/mol. The second-order valence-electron chi connectivity index (χ2n) is 5.19. The normalized spacial score (nSPS) is 16.2. The van der Waals surface area contributed by atoms with Gasteiger partial charge in [0.1, 0.15) is 11.6 Å². The first-order valence-corrected chi connectivity index (χ1v) is 7.19. The fourth-order valence-electron chi connectivity index (χ4n) is 2.46. The van der Waals surface area contributed by atoms with Gasteiger partial charge in [0.15, 0.2) is 0 Å². The second-order valence-corrected chi connectivity index (χ2v) is 5.19. The number of rotatable bonds is 5. The van der Waals surface area contributed by atoms with Crippen molar-refractivity contribution in [3.63, 3.8) is 0 Å². The molecule has 0 bridgehead atoms. The van der Waals surface area contributed by atoms with Crippen LogP contribution in [0.5, 0.6) is 0 Å². The van der Waals surface area contributed by atoms with Gasteiger partial charge in [-0.1, -0.05) is 0 Å².